The molecule has 9 aromatic carbocycles. The number of benzene rings is 9. The third-order valence-corrected chi connectivity index (χ3v) is 10.2. The highest BCUT2D eigenvalue weighted by atomic mass is 16.3. The Bertz CT molecular complexity index is 2770. The van der Waals surface area contributed by atoms with Gasteiger partial charge in [0.25, 0.3) is 0 Å². The molecule has 51 heavy (non-hydrogen) atoms. The van der Waals surface area contributed by atoms with E-state index in [0.717, 1.165) is 21.9 Å². The van der Waals surface area contributed by atoms with Crippen LogP contribution in [0.3, 0.4) is 0 Å². The second-order valence-electron chi connectivity index (χ2n) is 13.2. The fourth-order valence-corrected chi connectivity index (χ4v) is 7.94. The summed E-state index contributed by atoms with van der Waals surface area (Å²) in [6.07, 6.45) is 0. The van der Waals surface area contributed by atoms with Gasteiger partial charge in [-0.15, -0.1) is 0 Å². The van der Waals surface area contributed by atoms with E-state index in [2.05, 4.69) is 194 Å². The number of fused-ring (bicyclic) bond motifs is 5. The Morgan fingerprint density at radius 2 is 0.725 bits per heavy atom. The molecule has 0 spiro atoms. The minimum absolute atomic E-state index is 0.896. The fourth-order valence-electron chi connectivity index (χ4n) is 7.94. The van der Waals surface area contributed by atoms with Gasteiger partial charge in [0.1, 0.15) is 11.2 Å². The zero-order chi connectivity index (χ0) is 33.7. The SMILES string of the molecule is c1ccc(-c2cc(-c3ccccc3)cc(-c3c4ccccc4c(-c4cccc5oc6ccc(-c7ccccc7)cc6c45)c4ccccc34)c2)cc1. The second-order valence-corrected chi connectivity index (χ2v) is 13.2. The Morgan fingerprint density at radius 1 is 0.255 bits per heavy atom. The molecule has 10 aromatic rings. The van der Waals surface area contributed by atoms with Crippen molar-refractivity contribution in [3.63, 3.8) is 0 Å². The highest BCUT2D eigenvalue weighted by Gasteiger charge is 2.21. The molecule has 0 unspecified atom stereocenters. The van der Waals surface area contributed by atoms with Crippen molar-refractivity contribution in [2.24, 2.45) is 0 Å². The summed E-state index contributed by atoms with van der Waals surface area (Å²) in [6, 6.07) is 70.0. The first-order valence-electron chi connectivity index (χ1n) is 17.5. The molecule has 10 rings (SSSR count). The van der Waals surface area contributed by atoms with E-state index in [1.165, 1.54) is 77.2 Å². The summed E-state index contributed by atoms with van der Waals surface area (Å²) in [5, 5.41) is 7.17. The molecule has 0 N–H and O–H groups in total. The quantitative estimate of drug-likeness (QED) is 0.169. The van der Waals surface area contributed by atoms with Gasteiger partial charge in [-0.3, -0.25) is 0 Å². The zero-order valence-electron chi connectivity index (χ0n) is 27.9. The third-order valence-electron chi connectivity index (χ3n) is 10.2. The topological polar surface area (TPSA) is 13.1 Å². The van der Waals surface area contributed by atoms with E-state index in [4.69, 9.17) is 4.42 Å². The molecule has 1 heterocycles. The highest BCUT2D eigenvalue weighted by Crippen LogP contribution is 2.48. The van der Waals surface area contributed by atoms with Crippen LogP contribution in [-0.4, -0.2) is 0 Å². The van der Waals surface area contributed by atoms with Crippen LogP contribution in [0.25, 0.3) is 99.1 Å². The first-order chi connectivity index (χ1) is 25.3. The van der Waals surface area contributed by atoms with Crippen LogP contribution in [-0.2, 0) is 0 Å². The van der Waals surface area contributed by atoms with Crippen molar-refractivity contribution >= 4 is 43.5 Å². The van der Waals surface area contributed by atoms with Gasteiger partial charge in [0.05, 0.1) is 0 Å². The maximum atomic E-state index is 6.53. The summed E-state index contributed by atoms with van der Waals surface area (Å²) in [6.45, 7) is 0. The van der Waals surface area contributed by atoms with Crippen LogP contribution in [0.1, 0.15) is 0 Å². The number of hydrogen-bond acceptors (Lipinski definition) is 1. The molecular formula is C50H32O. The van der Waals surface area contributed by atoms with Crippen LogP contribution < -0.4 is 0 Å². The molecule has 0 bridgehead atoms. The standard InChI is InChI=1S/C50H32O/c1-4-15-33(16-5-1)36-27-28-46-45(32-36)50-44(25-14-26-47(50)51-46)49-42-23-12-10-21-40(42)48(41-22-11-13-24-43(41)49)39-30-37(34-17-6-2-7-18-34)29-38(31-39)35-19-8-3-9-20-35/h1-32H. The van der Waals surface area contributed by atoms with E-state index in [0.29, 0.717) is 0 Å². The van der Waals surface area contributed by atoms with E-state index in [9.17, 15) is 0 Å². The van der Waals surface area contributed by atoms with Crippen molar-refractivity contribution in [2.45, 2.75) is 0 Å². The Hall–Kier alpha value is -6.70. The maximum absolute atomic E-state index is 6.53. The van der Waals surface area contributed by atoms with E-state index < -0.39 is 0 Å². The molecule has 0 amide bonds. The molecule has 0 aliphatic rings. The number of hydrogen-bond donors (Lipinski definition) is 0. The van der Waals surface area contributed by atoms with Crippen LogP contribution in [0.15, 0.2) is 199 Å². The molecule has 0 aliphatic heterocycles. The van der Waals surface area contributed by atoms with Gasteiger partial charge in [0.15, 0.2) is 0 Å². The van der Waals surface area contributed by atoms with Crippen LogP contribution in [0, 0.1) is 0 Å². The fraction of sp³-hybridized carbons (Fsp3) is 0. The Morgan fingerprint density at radius 3 is 1.27 bits per heavy atom. The van der Waals surface area contributed by atoms with E-state index in [-0.39, 0.29) is 0 Å². The summed E-state index contributed by atoms with van der Waals surface area (Å²) in [7, 11) is 0. The van der Waals surface area contributed by atoms with Gasteiger partial charge in [-0.05, 0) is 114 Å². The van der Waals surface area contributed by atoms with Crippen molar-refractivity contribution in [3.05, 3.63) is 194 Å². The minimum Gasteiger partial charge on any atom is -0.456 e. The molecule has 0 radical (unpaired) electrons. The lowest BCUT2D eigenvalue weighted by Gasteiger charge is -2.19. The monoisotopic (exact) mass is 648 g/mol. The summed E-state index contributed by atoms with van der Waals surface area (Å²) >= 11 is 0. The van der Waals surface area contributed by atoms with Crippen LogP contribution in [0.5, 0.6) is 0 Å². The molecule has 1 nitrogen and oxygen atoms in total. The van der Waals surface area contributed by atoms with Crippen molar-refractivity contribution in [1.82, 2.24) is 0 Å². The van der Waals surface area contributed by atoms with Crippen LogP contribution in [0.4, 0.5) is 0 Å². The highest BCUT2D eigenvalue weighted by molar-refractivity contribution is 6.26. The second kappa shape index (κ2) is 12.0. The molecule has 238 valence electrons. The molecule has 0 atom stereocenters. The van der Waals surface area contributed by atoms with E-state index in [1.807, 2.05) is 0 Å². The van der Waals surface area contributed by atoms with Crippen molar-refractivity contribution in [2.75, 3.05) is 0 Å². The summed E-state index contributed by atoms with van der Waals surface area (Å²) < 4.78 is 6.53. The Kier molecular flexibility index (Phi) is 6.89. The lowest BCUT2D eigenvalue weighted by molar-refractivity contribution is 0.669. The van der Waals surface area contributed by atoms with Gasteiger partial charge >= 0.3 is 0 Å². The molecular weight excluding hydrogens is 617 g/mol. The third kappa shape index (κ3) is 4.94. The largest absolute Gasteiger partial charge is 0.456 e. The van der Waals surface area contributed by atoms with E-state index in [1.54, 1.807) is 0 Å². The molecule has 1 aromatic heterocycles. The number of rotatable bonds is 5. The molecule has 0 saturated carbocycles. The van der Waals surface area contributed by atoms with E-state index >= 15 is 0 Å². The van der Waals surface area contributed by atoms with Crippen molar-refractivity contribution < 1.29 is 4.42 Å². The van der Waals surface area contributed by atoms with Gasteiger partial charge in [0.2, 0.25) is 0 Å². The molecule has 0 fully saturated rings. The average Bonchev–Trinajstić information content (AvgIpc) is 3.59. The van der Waals surface area contributed by atoms with Gasteiger partial charge in [-0.1, -0.05) is 158 Å². The van der Waals surface area contributed by atoms with Gasteiger partial charge in [0, 0.05) is 10.8 Å². The predicted molar refractivity (Wildman–Crippen MR) is 216 cm³/mol. The summed E-state index contributed by atoms with van der Waals surface area (Å²) in [5.41, 5.74) is 13.8. The Balaban J connectivity index is 1.28. The smallest absolute Gasteiger partial charge is 0.136 e. The molecule has 1 heteroatoms. The van der Waals surface area contributed by atoms with Crippen LogP contribution in [0.2, 0.25) is 0 Å². The predicted octanol–water partition coefficient (Wildman–Crippen LogP) is 14.2. The average molecular weight is 649 g/mol. The lowest BCUT2D eigenvalue weighted by Crippen LogP contribution is -1.92. The normalized spacial score (nSPS) is 11.5. The summed E-state index contributed by atoms with van der Waals surface area (Å²) in [4.78, 5) is 0. The number of furan rings is 1. The zero-order valence-corrected chi connectivity index (χ0v) is 27.9. The summed E-state index contributed by atoms with van der Waals surface area (Å²) in [5.74, 6) is 0. The first kappa shape index (κ1) is 29.2. The van der Waals surface area contributed by atoms with Gasteiger partial charge in [-0.25, -0.2) is 0 Å². The molecule has 0 aliphatic carbocycles. The maximum Gasteiger partial charge on any atom is 0.136 e. The van der Waals surface area contributed by atoms with Gasteiger partial charge < -0.3 is 4.42 Å². The lowest BCUT2D eigenvalue weighted by atomic mass is 9.83. The van der Waals surface area contributed by atoms with Crippen molar-refractivity contribution in [1.29, 1.82) is 0 Å². The van der Waals surface area contributed by atoms with Crippen LogP contribution >= 0.6 is 0 Å². The molecule has 0 saturated heterocycles. The Labute approximate surface area is 296 Å². The van der Waals surface area contributed by atoms with Gasteiger partial charge in [-0.2, -0.15) is 0 Å². The first-order valence-corrected chi connectivity index (χ1v) is 17.5. The minimum atomic E-state index is 0.896. The van der Waals surface area contributed by atoms with Crippen molar-refractivity contribution in [3.8, 4) is 55.6 Å².